The molecule has 3 nitrogen and oxygen atoms in total. The molecule has 4 aliphatic rings. The van der Waals surface area contributed by atoms with E-state index in [-0.39, 0.29) is 5.91 Å². The van der Waals surface area contributed by atoms with Crippen molar-refractivity contribution in [2.24, 2.45) is 23.2 Å². The van der Waals surface area contributed by atoms with E-state index in [1.165, 1.54) is 43.2 Å². The van der Waals surface area contributed by atoms with Gasteiger partial charge in [-0.05, 0) is 80.2 Å². The van der Waals surface area contributed by atoms with E-state index in [1.54, 1.807) is 23.1 Å². The second-order valence-corrected chi connectivity index (χ2v) is 11.3. The standard InChI is InChI=1S/C22H28N2OS2/c1-2-19(22-10-14-7-15(11-22)9-16(8-14)12-22)24-20(25)13-26-21-23-17-5-3-4-6-18(17)27-21/h3-6,14-16,19H,2,7-13H2,1H3,(H,24,25)/t14?,15?,16?,19-,22?/m0/s1. The topological polar surface area (TPSA) is 42.0 Å². The molecule has 27 heavy (non-hydrogen) atoms. The number of thiazole rings is 1. The molecule has 4 saturated carbocycles. The number of benzene rings is 1. The molecule has 4 bridgehead atoms. The Hall–Kier alpha value is -1.07. The van der Waals surface area contributed by atoms with Crippen LogP contribution < -0.4 is 5.32 Å². The van der Waals surface area contributed by atoms with E-state index in [0.717, 1.165) is 34.0 Å². The van der Waals surface area contributed by atoms with Gasteiger partial charge in [-0.3, -0.25) is 4.79 Å². The number of aromatic nitrogens is 1. The van der Waals surface area contributed by atoms with Crippen LogP contribution in [0.3, 0.4) is 0 Å². The lowest BCUT2D eigenvalue weighted by molar-refractivity contribution is -0.124. The molecule has 1 heterocycles. The molecule has 4 aliphatic carbocycles. The van der Waals surface area contributed by atoms with Gasteiger partial charge in [0.15, 0.2) is 4.34 Å². The van der Waals surface area contributed by atoms with Gasteiger partial charge >= 0.3 is 0 Å². The van der Waals surface area contributed by atoms with Gasteiger partial charge in [-0.2, -0.15) is 0 Å². The number of hydrogen-bond donors (Lipinski definition) is 1. The summed E-state index contributed by atoms with van der Waals surface area (Å²) >= 11 is 3.26. The highest BCUT2D eigenvalue weighted by Gasteiger charge is 2.53. The van der Waals surface area contributed by atoms with Gasteiger partial charge in [-0.15, -0.1) is 11.3 Å². The normalized spacial score (nSPS) is 32.7. The number of nitrogens with one attached hydrogen (secondary N) is 1. The monoisotopic (exact) mass is 400 g/mol. The fourth-order valence-corrected chi connectivity index (χ4v) is 8.45. The molecule has 0 aliphatic heterocycles. The summed E-state index contributed by atoms with van der Waals surface area (Å²) in [4.78, 5) is 17.4. The van der Waals surface area contributed by atoms with Gasteiger partial charge in [0, 0.05) is 6.04 Å². The Labute approximate surface area is 169 Å². The molecule has 0 spiro atoms. The second kappa shape index (κ2) is 7.07. The fourth-order valence-electron chi connectivity index (χ4n) is 6.57. The summed E-state index contributed by atoms with van der Waals surface area (Å²) in [6.07, 6.45) is 9.48. The van der Waals surface area contributed by atoms with Crippen LogP contribution in [0.1, 0.15) is 51.9 Å². The first-order valence-corrected chi connectivity index (χ1v) is 12.2. The number of hydrogen-bond acceptors (Lipinski definition) is 4. The number of carbonyl (C=O) groups is 1. The number of nitrogens with zero attached hydrogens (tertiary/aromatic N) is 1. The molecule has 0 unspecified atom stereocenters. The number of fused-ring (bicyclic) bond motifs is 1. The molecule has 144 valence electrons. The summed E-state index contributed by atoms with van der Waals surface area (Å²) in [5.74, 6) is 3.45. The second-order valence-electron chi connectivity index (χ2n) is 9.04. The van der Waals surface area contributed by atoms with Crippen LogP contribution in [-0.2, 0) is 4.79 Å². The molecule has 1 N–H and O–H groups in total. The van der Waals surface area contributed by atoms with Crippen molar-refractivity contribution < 1.29 is 4.79 Å². The SMILES string of the molecule is CC[C@H](NC(=O)CSc1nc2ccccc2s1)C12CC3CC(CC(C3)C1)C2. The minimum Gasteiger partial charge on any atom is -0.352 e. The highest BCUT2D eigenvalue weighted by Crippen LogP contribution is 2.61. The van der Waals surface area contributed by atoms with Crippen molar-refractivity contribution >= 4 is 39.2 Å². The molecule has 0 saturated heterocycles. The number of carbonyl (C=O) groups excluding carboxylic acids is 1. The fraction of sp³-hybridized carbons (Fsp3) is 0.636. The third kappa shape index (κ3) is 3.42. The third-order valence-corrected chi connectivity index (χ3v) is 9.35. The Morgan fingerprint density at radius 3 is 2.52 bits per heavy atom. The van der Waals surface area contributed by atoms with Gasteiger partial charge < -0.3 is 5.32 Å². The molecule has 2 aromatic rings. The summed E-state index contributed by atoms with van der Waals surface area (Å²) < 4.78 is 2.19. The molecule has 6 rings (SSSR count). The lowest BCUT2D eigenvalue weighted by Crippen LogP contribution is -2.57. The Bertz CT molecular complexity index is 777. The molecule has 1 amide bonds. The zero-order chi connectivity index (χ0) is 18.4. The largest absolute Gasteiger partial charge is 0.352 e. The van der Waals surface area contributed by atoms with Crippen LogP contribution in [-0.4, -0.2) is 22.7 Å². The highest BCUT2D eigenvalue weighted by molar-refractivity contribution is 8.01. The van der Waals surface area contributed by atoms with Crippen molar-refractivity contribution in [2.75, 3.05) is 5.75 Å². The predicted molar refractivity (Wildman–Crippen MR) is 113 cm³/mol. The van der Waals surface area contributed by atoms with E-state index in [9.17, 15) is 4.79 Å². The molecule has 1 atom stereocenters. The summed E-state index contributed by atoms with van der Waals surface area (Å²) in [7, 11) is 0. The van der Waals surface area contributed by atoms with Crippen LogP contribution in [0.15, 0.2) is 28.6 Å². The molecule has 1 aromatic carbocycles. The minimum absolute atomic E-state index is 0.182. The highest BCUT2D eigenvalue weighted by atomic mass is 32.2. The molecule has 5 heteroatoms. The van der Waals surface area contributed by atoms with E-state index in [4.69, 9.17) is 0 Å². The zero-order valence-electron chi connectivity index (χ0n) is 15.9. The van der Waals surface area contributed by atoms with E-state index in [1.807, 2.05) is 18.2 Å². The van der Waals surface area contributed by atoms with Crippen molar-refractivity contribution in [2.45, 2.75) is 62.3 Å². The first-order chi connectivity index (χ1) is 13.1. The molecule has 0 radical (unpaired) electrons. The van der Waals surface area contributed by atoms with Gasteiger partial charge in [0.2, 0.25) is 5.91 Å². The van der Waals surface area contributed by atoms with Crippen molar-refractivity contribution in [1.29, 1.82) is 0 Å². The van der Waals surface area contributed by atoms with E-state index >= 15 is 0 Å². The number of rotatable bonds is 6. The Morgan fingerprint density at radius 1 is 1.22 bits per heavy atom. The summed E-state index contributed by atoms with van der Waals surface area (Å²) in [5.41, 5.74) is 1.42. The van der Waals surface area contributed by atoms with Gasteiger partial charge in [-0.25, -0.2) is 4.98 Å². The lowest BCUT2D eigenvalue weighted by Gasteiger charge is -2.59. The number of thioether (sulfide) groups is 1. The molecular weight excluding hydrogens is 372 g/mol. The average molecular weight is 401 g/mol. The van der Waals surface area contributed by atoms with Crippen LogP contribution in [0.25, 0.3) is 10.2 Å². The van der Waals surface area contributed by atoms with Crippen LogP contribution in [0.2, 0.25) is 0 Å². The first-order valence-electron chi connectivity index (χ1n) is 10.4. The number of para-hydroxylation sites is 1. The zero-order valence-corrected chi connectivity index (χ0v) is 17.6. The summed E-state index contributed by atoms with van der Waals surface area (Å²) in [6.45, 7) is 2.25. The van der Waals surface area contributed by atoms with Crippen LogP contribution in [0.5, 0.6) is 0 Å². The summed E-state index contributed by atoms with van der Waals surface area (Å²) in [5, 5.41) is 3.44. The smallest absolute Gasteiger partial charge is 0.230 e. The third-order valence-electron chi connectivity index (χ3n) is 7.17. The maximum atomic E-state index is 12.7. The average Bonchev–Trinajstić information content (AvgIpc) is 3.06. The van der Waals surface area contributed by atoms with E-state index in [0.29, 0.717) is 17.2 Å². The first kappa shape index (κ1) is 18.0. The maximum absolute atomic E-state index is 12.7. The van der Waals surface area contributed by atoms with Crippen LogP contribution in [0, 0.1) is 23.2 Å². The summed E-state index contributed by atoms with van der Waals surface area (Å²) in [6, 6.07) is 8.54. The van der Waals surface area contributed by atoms with Gasteiger partial charge in [-0.1, -0.05) is 30.8 Å². The van der Waals surface area contributed by atoms with Crippen molar-refractivity contribution in [3.63, 3.8) is 0 Å². The molecular formula is C22H28N2OS2. The van der Waals surface area contributed by atoms with Crippen LogP contribution >= 0.6 is 23.1 Å². The predicted octanol–water partition coefficient (Wildman–Crippen LogP) is 5.50. The molecule has 4 fully saturated rings. The van der Waals surface area contributed by atoms with E-state index < -0.39 is 0 Å². The lowest BCUT2D eigenvalue weighted by atomic mass is 9.47. The van der Waals surface area contributed by atoms with Crippen molar-refractivity contribution in [3.8, 4) is 0 Å². The van der Waals surface area contributed by atoms with Gasteiger partial charge in [0.05, 0.1) is 16.0 Å². The molecule has 1 aromatic heterocycles. The van der Waals surface area contributed by atoms with Gasteiger partial charge in [0.25, 0.3) is 0 Å². The van der Waals surface area contributed by atoms with Crippen molar-refractivity contribution in [1.82, 2.24) is 10.3 Å². The minimum atomic E-state index is 0.182. The Morgan fingerprint density at radius 2 is 1.89 bits per heavy atom. The van der Waals surface area contributed by atoms with Crippen molar-refractivity contribution in [3.05, 3.63) is 24.3 Å². The van der Waals surface area contributed by atoms with Gasteiger partial charge in [0.1, 0.15) is 0 Å². The quantitative estimate of drug-likeness (QED) is 0.651. The Kier molecular flexibility index (Phi) is 4.71. The van der Waals surface area contributed by atoms with E-state index in [2.05, 4.69) is 23.3 Å². The number of amides is 1. The van der Waals surface area contributed by atoms with Crippen LogP contribution in [0.4, 0.5) is 0 Å². The maximum Gasteiger partial charge on any atom is 0.230 e. The Balaban J connectivity index is 1.23.